The average Bonchev–Trinajstić information content (AvgIpc) is 2.86. The molecule has 0 saturated carbocycles. The normalized spacial score (nSPS) is 17.3. The number of carbonyl (C=O) groups excluding carboxylic acids is 1. The number of carbonyl (C=O) groups is 2. The second kappa shape index (κ2) is 6.36. The molecule has 25 heavy (non-hydrogen) atoms. The predicted molar refractivity (Wildman–Crippen MR) is 91.9 cm³/mol. The van der Waals surface area contributed by atoms with Crippen LogP contribution in [0, 0.1) is 13.8 Å². The molecule has 1 atom stereocenters. The van der Waals surface area contributed by atoms with Gasteiger partial charge in [-0.2, -0.15) is 0 Å². The number of hydrogen-bond acceptors (Lipinski definition) is 4. The standard InChI is InChI=1S/C17H13BrFN3O3/c1-7-5-6-20-16(21-7)10-4-3-9(15(23)13(10)19)11-12(18)8(2)22-14(11)17(24)25/h3-6,9,22H,1-2H3,(H,24,25). The molecule has 0 fully saturated rings. The minimum atomic E-state index is -1.22. The summed E-state index contributed by atoms with van der Waals surface area (Å²) in [4.78, 5) is 34.8. The molecule has 1 aliphatic rings. The Labute approximate surface area is 150 Å². The number of rotatable bonds is 3. The lowest BCUT2D eigenvalue weighted by atomic mass is 9.87. The quantitative estimate of drug-likeness (QED) is 0.814. The molecule has 2 heterocycles. The molecule has 0 radical (unpaired) electrons. The summed E-state index contributed by atoms with van der Waals surface area (Å²) in [6.07, 6.45) is 4.36. The molecule has 8 heteroatoms. The van der Waals surface area contributed by atoms with Gasteiger partial charge in [0.2, 0.25) is 5.78 Å². The zero-order chi connectivity index (χ0) is 18.3. The first-order valence-electron chi connectivity index (χ1n) is 7.34. The maximum absolute atomic E-state index is 14.7. The maximum atomic E-state index is 14.7. The third-order valence-corrected chi connectivity index (χ3v) is 4.92. The number of aryl methyl sites for hydroxylation is 2. The Hall–Kier alpha value is -2.61. The van der Waals surface area contributed by atoms with Crippen LogP contribution >= 0.6 is 15.9 Å². The Balaban J connectivity index is 2.07. The average molecular weight is 406 g/mol. The number of H-pyrrole nitrogens is 1. The van der Waals surface area contributed by atoms with Crippen LogP contribution in [0.4, 0.5) is 4.39 Å². The molecule has 1 unspecified atom stereocenters. The largest absolute Gasteiger partial charge is 0.477 e. The van der Waals surface area contributed by atoms with E-state index >= 15 is 0 Å². The number of aromatic carboxylic acids is 1. The third-order valence-electron chi connectivity index (χ3n) is 3.90. The number of hydrogen-bond donors (Lipinski definition) is 2. The van der Waals surface area contributed by atoms with Crippen LogP contribution < -0.4 is 0 Å². The Kier molecular flexibility index (Phi) is 4.38. The molecular weight excluding hydrogens is 393 g/mol. The molecule has 2 aromatic heterocycles. The van der Waals surface area contributed by atoms with Crippen molar-refractivity contribution in [2.24, 2.45) is 0 Å². The van der Waals surface area contributed by atoms with Crippen molar-refractivity contribution in [1.82, 2.24) is 15.0 Å². The molecule has 0 saturated heterocycles. The van der Waals surface area contributed by atoms with E-state index in [4.69, 9.17) is 0 Å². The van der Waals surface area contributed by atoms with Crippen LogP contribution in [0.25, 0.3) is 5.57 Å². The second-order valence-electron chi connectivity index (χ2n) is 5.61. The van der Waals surface area contributed by atoms with Gasteiger partial charge in [0.15, 0.2) is 11.7 Å². The van der Waals surface area contributed by atoms with Crippen LogP contribution in [0.1, 0.15) is 39.2 Å². The van der Waals surface area contributed by atoms with Gasteiger partial charge in [-0.05, 0) is 35.8 Å². The first-order chi connectivity index (χ1) is 11.8. The van der Waals surface area contributed by atoms with Crippen LogP contribution in [0.5, 0.6) is 0 Å². The Morgan fingerprint density at radius 1 is 1.40 bits per heavy atom. The second-order valence-corrected chi connectivity index (χ2v) is 6.40. The van der Waals surface area contributed by atoms with Crippen molar-refractivity contribution < 1.29 is 19.1 Å². The van der Waals surface area contributed by atoms with Gasteiger partial charge in [-0.3, -0.25) is 4.79 Å². The number of allylic oxidation sites excluding steroid dienone is 4. The molecule has 6 nitrogen and oxygen atoms in total. The summed E-state index contributed by atoms with van der Waals surface area (Å²) < 4.78 is 15.1. The summed E-state index contributed by atoms with van der Waals surface area (Å²) in [5, 5.41) is 9.33. The highest BCUT2D eigenvalue weighted by atomic mass is 79.9. The summed E-state index contributed by atoms with van der Waals surface area (Å²) in [5.74, 6) is -3.96. The van der Waals surface area contributed by atoms with E-state index in [1.54, 1.807) is 19.9 Å². The molecular formula is C17H13BrFN3O3. The van der Waals surface area contributed by atoms with E-state index in [9.17, 15) is 19.1 Å². The number of nitrogens with zero attached hydrogens (tertiary/aromatic N) is 2. The Bertz CT molecular complexity index is 962. The molecule has 0 bridgehead atoms. The number of nitrogens with one attached hydrogen (secondary N) is 1. The predicted octanol–water partition coefficient (Wildman–Crippen LogP) is 3.49. The SMILES string of the molecule is Cc1ccnc(C2=C(F)C(=O)C(c3c(C(=O)O)[nH]c(C)c3Br)C=C2)n1. The zero-order valence-electron chi connectivity index (χ0n) is 13.3. The summed E-state index contributed by atoms with van der Waals surface area (Å²) in [7, 11) is 0. The number of carboxylic acids is 1. The van der Waals surface area contributed by atoms with Crippen LogP contribution in [-0.4, -0.2) is 31.8 Å². The number of ketones is 1. The molecule has 128 valence electrons. The van der Waals surface area contributed by atoms with E-state index < -0.39 is 23.5 Å². The summed E-state index contributed by atoms with van der Waals surface area (Å²) in [6.45, 7) is 3.40. The molecule has 2 aromatic rings. The molecule has 1 aliphatic carbocycles. The lowest BCUT2D eigenvalue weighted by molar-refractivity contribution is -0.117. The molecule has 3 rings (SSSR count). The maximum Gasteiger partial charge on any atom is 0.352 e. The van der Waals surface area contributed by atoms with Gasteiger partial charge in [0.1, 0.15) is 5.69 Å². The topological polar surface area (TPSA) is 95.9 Å². The van der Waals surface area contributed by atoms with Crippen LogP contribution in [-0.2, 0) is 4.79 Å². The summed E-state index contributed by atoms with van der Waals surface area (Å²) in [6, 6.07) is 1.66. The fourth-order valence-electron chi connectivity index (χ4n) is 2.68. The zero-order valence-corrected chi connectivity index (χ0v) is 14.9. The van der Waals surface area contributed by atoms with Crippen LogP contribution in [0.2, 0.25) is 0 Å². The Morgan fingerprint density at radius 2 is 2.12 bits per heavy atom. The third kappa shape index (κ3) is 2.93. The van der Waals surface area contributed by atoms with Crippen molar-refractivity contribution in [2.45, 2.75) is 19.8 Å². The minimum absolute atomic E-state index is 0.00907. The monoisotopic (exact) mass is 405 g/mol. The molecule has 0 amide bonds. The van der Waals surface area contributed by atoms with Gasteiger partial charge in [-0.15, -0.1) is 0 Å². The highest BCUT2D eigenvalue weighted by Gasteiger charge is 2.34. The highest BCUT2D eigenvalue weighted by molar-refractivity contribution is 9.10. The van der Waals surface area contributed by atoms with Crippen molar-refractivity contribution in [2.75, 3.05) is 0 Å². The Morgan fingerprint density at radius 3 is 2.76 bits per heavy atom. The van der Waals surface area contributed by atoms with Crippen molar-refractivity contribution in [3.05, 3.63) is 63.2 Å². The van der Waals surface area contributed by atoms with Crippen molar-refractivity contribution >= 4 is 33.3 Å². The molecule has 0 spiro atoms. The van der Waals surface area contributed by atoms with Crippen LogP contribution in [0.15, 0.2) is 34.7 Å². The summed E-state index contributed by atoms with van der Waals surface area (Å²) >= 11 is 3.28. The van der Waals surface area contributed by atoms with Crippen molar-refractivity contribution in [1.29, 1.82) is 0 Å². The van der Waals surface area contributed by atoms with Gasteiger partial charge in [0.25, 0.3) is 0 Å². The van der Waals surface area contributed by atoms with Crippen molar-refractivity contribution in [3.63, 3.8) is 0 Å². The minimum Gasteiger partial charge on any atom is -0.477 e. The van der Waals surface area contributed by atoms with Crippen molar-refractivity contribution in [3.8, 4) is 0 Å². The van der Waals surface area contributed by atoms with E-state index in [1.807, 2.05) is 0 Å². The van der Waals surface area contributed by atoms with Crippen LogP contribution in [0.3, 0.4) is 0 Å². The lowest BCUT2D eigenvalue weighted by Gasteiger charge is -2.17. The number of aromatic nitrogens is 3. The van der Waals surface area contributed by atoms with E-state index in [-0.39, 0.29) is 22.7 Å². The number of Topliss-reactive ketones (excluding diaryl/α,β-unsaturated/α-hetero) is 1. The van der Waals surface area contributed by atoms with Gasteiger partial charge in [-0.25, -0.2) is 19.2 Å². The number of aromatic amines is 1. The van der Waals surface area contributed by atoms with Gasteiger partial charge in [-0.1, -0.05) is 12.2 Å². The molecule has 0 aromatic carbocycles. The molecule has 2 N–H and O–H groups in total. The van der Waals surface area contributed by atoms with E-state index in [1.165, 1.54) is 18.3 Å². The highest BCUT2D eigenvalue weighted by Crippen LogP contribution is 2.38. The van der Waals surface area contributed by atoms with E-state index in [2.05, 4.69) is 30.9 Å². The number of halogens is 2. The molecule has 0 aliphatic heterocycles. The van der Waals surface area contributed by atoms with E-state index in [0.29, 0.717) is 15.9 Å². The van der Waals surface area contributed by atoms with Gasteiger partial charge in [0.05, 0.1) is 11.5 Å². The lowest BCUT2D eigenvalue weighted by Crippen LogP contribution is -2.18. The van der Waals surface area contributed by atoms with E-state index in [0.717, 1.165) is 0 Å². The first kappa shape index (κ1) is 17.2. The summed E-state index contributed by atoms with van der Waals surface area (Å²) in [5.41, 5.74) is 1.24. The van der Waals surface area contributed by atoms with Gasteiger partial charge in [0, 0.05) is 27.6 Å². The first-order valence-corrected chi connectivity index (χ1v) is 8.14. The van der Waals surface area contributed by atoms with Gasteiger partial charge >= 0.3 is 5.97 Å². The smallest absolute Gasteiger partial charge is 0.352 e. The number of carboxylic acid groups (broad SMARTS) is 1. The fraction of sp³-hybridized carbons (Fsp3) is 0.176. The van der Waals surface area contributed by atoms with Gasteiger partial charge < -0.3 is 10.1 Å². The fourth-order valence-corrected chi connectivity index (χ4v) is 3.23.